The highest BCUT2D eigenvalue weighted by Crippen LogP contribution is 2.34. The molecule has 2 N–H and O–H groups in total. The van der Waals surface area contributed by atoms with Crippen molar-refractivity contribution in [2.45, 2.75) is 42.5 Å². The minimum Gasteiger partial charge on any atom is -0.339 e. The van der Waals surface area contributed by atoms with E-state index in [1.807, 2.05) is 18.2 Å². The fraction of sp³-hybridized carbons (Fsp3) is 0.467. The number of halogens is 1. The van der Waals surface area contributed by atoms with Crippen molar-refractivity contribution in [3.63, 3.8) is 0 Å². The van der Waals surface area contributed by atoms with Gasteiger partial charge in [0.1, 0.15) is 0 Å². The first-order chi connectivity index (χ1) is 9.76. The lowest BCUT2D eigenvalue weighted by Gasteiger charge is -2.17. The molecule has 3 rings (SSSR count). The maximum absolute atomic E-state index is 6.32. The number of benzene rings is 1. The van der Waals surface area contributed by atoms with Crippen LogP contribution >= 0.6 is 24.2 Å². The van der Waals surface area contributed by atoms with Gasteiger partial charge in [0.2, 0.25) is 5.89 Å². The van der Waals surface area contributed by atoms with Crippen LogP contribution < -0.4 is 5.73 Å². The number of rotatable bonds is 5. The fourth-order valence-corrected chi connectivity index (χ4v) is 3.42. The molecule has 1 aliphatic rings. The zero-order valence-corrected chi connectivity index (χ0v) is 13.5. The third-order valence-electron chi connectivity index (χ3n) is 3.74. The van der Waals surface area contributed by atoms with Crippen LogP contribution in [0.4, 0.5) is 0 Å². The van der Waals surface area contributed by atoms with Gasteiger partial charge < -0.3 is 10.3 Å². The minimum absolute atomic E-state index is 0. The molecule has 1 aromatic heterocycles. The molecule has 6 heteroatoms. The molecule has 0 radical (unpaired) electrons. The number of hydrogen-bond acceptors (Lipinski definition) is 5. The van der Waals surface area contributed by atoms with Gasteiger partial charge in [-0.15, -0.1) is 24.2 Å². The SMILES string of the molecule is Cl.NC1(c2noc(CCSc3ccccc3)n2)CCCC1. The van der Waals surface area contributed by atoms with Crippen LogP contribution in [0.2, 0.25) is 0 Å². The smallest absolute Gasteiger partial charge is 0.227 e. The quantitative estimate of drug-likeness (QED) is 0.851. The van der Waals surface area contributed by atoms with Gasteiger partial charge in [0.15, 0.2) is 5.82 Å². The monoisotopic (exact) mass is 325 g/mol. The summed E-state index contributed by atoms with van der Waals surface area (Å²) in [6, 6.07) is 10.3. The van der Waals surface area contributed by atoms with Gasteiger partial charge in [-0.25, -0.2) is 0 Å². The molecule has 1 fully saturated rings. The molecule has 0 unspecified atom stereocenters. The lowest BCUT2D eigenvalue weighted by Crippen LogP contribution is -2.34. The summed E-state index contributed by atoms with van der Waals surface area (Å²) in [5, 5.41) is 4.08. The van der Waals surface area contributed by atoms with Crippen molar-refractivity contribution in [1.29, 1.82) is 0 Å². The molecule has 114 valence electrons. The summed E-state index contributed by atoms with van der Waals surface area (Å²) in [4.78, 5) is 5.74. The van der Waals surface area contributed by atoms with Gasteiger partial charge in [0, 0.05) is 17.1 Å². The Hall–Kier alpha value is -1.04. The molecular weight excluding hydrogens is 306 g/mol. The van der Waals surface area contributed by atoms with Crippen molar-refractivity contribution < 1.29 is 4.52 Å². The Bertz CT molecular complexity index is 555. The van der Waals surface area contributed by atoms with Gasteiger partial charge in [0.05, 0.1) is 5.54 Å². The van der Waals surface area contributed by atoms with Crippen molar-refractivity contribution >= 4 is 24.2 Å². The van der Waals surface area contributed by atoms with Crippen molar-refractivity contribution in [2.75, 3.05) is 5.75 Å². The molecule has 0 atom stereocenters. The summed E-state index contributed by atoms with van der Waals surface area (Å²) < 4.78 is 5.33. The lowest BCUT2D eigenvalue weighted by molar-refractivity contribution is 0.351. The highest BCUT2D eigenvalue weighted by Gasteiger charge is 2.35. The van der Waals surface area contributed by atoms with E-state index in [0.29, 0.717) is 11.7 Å². The topological polar surface area (TPSA) is 64.9 Å². The number of thioether (sulfide) groups is 1. The number of aromatic nitrogens is 2. The van der Waals surface area contributed by atoms with Gasteiger partial charge >= 0.3 is 0 Å². The Kier molecular flexibility index (Phi) is 5.67. The average Bonchev–Trinajstić information content (AvgIpc) is 3.10. The second kappa shape index (κ2) is 7.29. The molecule has 2 aromatic rings. The van der Waals surface area contributed by atoms with Gasteiger partial charge in [-0.05, 0) is 25.0 Å². The van der Waals surface area contributed by atoms with Crippen LogP contribution in [-0.2, 0) is 12.0 Å². The van der Waals surface area contributed by atoms with Crippen molar-refractivity contribution in [3.05, 3.63) is 42.0 Å². The molecular formula is C15H20ClN3OS. The van der Waals surface area contributed by atoms with Gasteiger partial charge in [-0.3, -0.25) is 0 Å². The van der Waals surface area contributed by atoms with Crippen molar-refractivity contribution in [3.8, 4) is 0 Å². The Morgan fingerprint density at radius 1 is 1.19 bits per heavy atom. The first-order valence-corrected chi connectivity index (χ1v) is 8.05. The van der Waals surface area contributed by atoms with E-state index in [-0.39, 0.29) is 17.9 Å². The molecule has 0 spiro atoms. The third kappa shape index (κ3) is 3.99. The molecule has 0 amide bonds. The van der Waals surface area contributed by atoms with Crippen molar-refractivity contribution in [1.82, 2.24) is 10.1 Å². The van der Waals surface area contributed by atoms with Crippen LogP contribution in [0, 0.1) is 0 Å². The molecule has 1 aromatic carbocycles. The third-order valence-corrected chi connectivity index (χ3v) is 4.75. The lowest BCUT2D eigenvalue weighted by atomic mass is 9.99. The standard InChI is InChI=1S/C15H19N3OS.ClH/c16-15(9-4-5-10-15)14-17-13(19-18-14)8-11-20-12-6-2-1-3-7-12;/h1-3,6-7H,4-5,8-11,16H2;1H. The first-order valence-electron chi connectivity index (χ1n) is 7.06. The first kappa shape index (κ1) is 16.3. The average molecular weight is 326 g/mol. The van der Waals surface area contributed by atoms with Crippen LogP contribution in [0.1, 0.15) is 37.4 Å². The highest BCUT2D eigenvalue weighted by molar-refractivity contribution is 7.99. The molecule has 21 heavy (non-hydrogen) atoms. The molecule has 0 saturated heterocycles. The zero-order valence-electron chi connectivity index (χ0n) is 11.8. The van der Waals surface area contributed by atoms with E-state index in [4.69, 9.17) is 10.3 Å². The van der Waals surface area contributed by atoms with E-state index in [9.17, 15) is 0 Å². The molecule has 1 saturated carbocycles. The zero-order chi connectivity index (χ0) is 13.8. The van der Waals surface area contributed by atoms with E-state index in [0.717, 1.165) is 37.9 Å². The molecule has 1 heterocycles. The number of nitrogens with two attached hydrogens (primary N) is 1. The van der Waals surface area contributed by atoms with Crippen molar-refractivity contribution in [2.24, 2.45) is 5.73 Å². The molecule has 0 aliphatic heterocycles. The minimum atomic E-state index is -0.353. The highest BCUT2D eigenvalue weighted by atomic mass is 35.5. The van der Waals surface area contributed by atoms with Crippen LogP contribution in [0.25, 0.3) is 0 Å². The maximum atomic E-state index is 6.32. The summed E-state index contributed by atoms with van der Waals surface area (Å²) in [5.74, 6) is 2.32. The fourth-order valence-electron chi connectivity index (χ4n) is 2.56. The van der Waals surface area contributed by atoms with Crippen LogP contribution in [-0.4, -0.2) is 15.9 Å². The van der Waals surface area contributed by atoms with Crippen LogP contribution in [0.3, 0.4) is 0 Å². The second-order valence-corrected chi connectivity index (χ2v) is 6.45. The van der Waals surface area contributed by atoms with E-state index < -0.39 is 0 Å². The predicted octanol–water partition coefficient (Wildman–Crippen LogP) is 3.55. The second-order valence-electron chi connectivity index (χ2n) is 5.29. The Labute approximate surface area is 135 Å². The predicted molar refractivity (Wildman–Crippen MR) is 86.7 cm³/mol. The van der Waals surface area contributed by atoms with Gasteiger partial charge in [-0.1, -0.05) is 36.2 Å². The summed E-state index contributed by atoms with van der Waals surface area (Å²) >= 11 is 1.80. The Morgan fingerprint density at radius 2 is 1.90 bits per heavy atom. The Morgan fingerprint density at radius 3 is 2.62 bits per heavy atom. The maximum Gasteiger partial charge on any atom is 0.227 e. The normalized spacial score (nSPS) is 16.6. The van der Waals surface area contributed by atoms with Gasteiger partial charge in [-0.2, -0.15) is 4.98 Å². The summed E-state index contributed by atoms with van der Waals surface area (Å²) in [5.41, 5.74) is 5.97. The van der Waals surface area contributed by atoms with E-state index in [2.05, 4.69) is 22.3 Å². The van der Waals surface area contributed by atoms with Gasteiger partial charge in [0.25, 0.3) is 0 Å². The number of nitrogens with zero attached hydrogens (tertiary/aromatic N) is 2. The Balaban J connectivity index is 0.00000161. The molecule has 1 aliphatic carbocycles. The molecule has 0 bridgehead atoms. The number of hydrogen-bond donors (Lipinski definition) is 1. The summed E-state index contributed by atoms with van der Waals surface area (Å²) in [6.07, 6.45) is 5.02. The van der Waals surface area contributed by atoms with E-state index >= 15 is 0 Å². The van der Waals surface area contributed by atoms with Crippen LogP contribution in [0.5, 0.6) is 0 Å². The van der Waals surface area contributed by atoms with E-state index in [1.165, 1.54) is 4.90 Å². The number of aryl methyl sites for hydroxylation is 1. The summed E-state index contributed by atoms with van der Waals surface area (Å²) in [6.45, 7) is 0. The van der Waals surface area contributed by atoms with Crippen LogP contribution in [0.15, 0.2) is 39.8 Å². The summed E-state index contributed by atoms with van der Waals surface area (Å²) in [7, 11) is 0. The largest absolute Gasteiger partial charge is 0.339 e. The van der Waals surface area contributed by atoms with E-state index in [1.54, 1.807) is 11.8 Å². The molecule has 4 nitrogen and oxygen atoms in total.